The topological polar surface area (TPSA) is 57.0 Å². The molecular formula is C24H23N3O. The van der Waals surface area contributed by atoms with Gasteiger partial charge in [0.15, 0.2) is 0 Å². The fourth-order valence-electron chi connectivity index (χ4n) is 4.13. The number of likely N-dealkylation sites (tertiary alicyclic amines) is 1. The van der Waals surface area contributed by atoms with E-state index < -0.39 is 0 Å². The van der Waals surface area contributed by atoms with Crippen molar-refractivity contribution in [3.8, 4) is 17.2 Å². The minimum Gasteiger partial charge on any atom is -0.336 e. The predicted octanol–water partition coefficient (Wildman–Crippen LogP) is 5.10. The van der Waals surface area contributed by atoms with Crippen LogP contribution in [0, 0.1) is 18.3 Å². The van der Waals surface area contributed by atoms with E-state index in [1.807, 2.05) is 60.4 Å². The van der Waals surface area contributed by atoms with Gasteiger partial charge in [-0.05, 0) is 67.6 Å². The zero-order valence-electron chi connectivity index (χ0n) is 16.3. The molecule has 4 rings (SSSR count). The number of nitriles is 1. The van der Waals surface area contributed by atoms with Crippen molar-refractivity contribution in [2.75, 3.05) is 6.54 Å². The molecule has 0 bridgehead atoms. The minimum atomic E-state index is 0.108. The number of nitrogens with zero attached hydrogens (tertiary/aromatic N) is 3. The molecule has 0 aliphatic carbocycles. The largest absolute Gasteiger partial charge is 0.336 e. The van der Waals surface area contributed by atoms with Gasteiger partial charge >= 0.3 is 0 Å². The number of rotatable bonds is 3. The first-order valence-corrected chi connectivity index (χ1v) is 9.83. The van der Waals surface area contributed by atoms with E-state index in [-0.39, 0.29) is 5.91 Å². The summed E-state index contributed by atoms with van der Waals surface area (Å²) in [6.45, 7) is 4.91. The Hall–Kier alpha value is -3.19. The highest BCUT2D eigenvalue weighted by molar-refractivity contribution is 6.07. The summed E-state index contributed by atoms with van der Waals surface area (Å²) in [7, 11) is 0. The van der Waals surface area contributed by atoms with Crippen LogP contribution < -0.4 is 0 Å². The maximum atomic E-state index is 13.4. The van der Waals surface area contributed by atoms with Gasteiger partial charge in [-0.3, -0.25) is 9.78 Å². The number of pyridine rings is 1. The minimum absolute atomic E-state index is 0.108. The third-order valence-corrected chi connectivity index (χ3v) is 5.62. The van der Waals surface area contributed by atoms with Gasteiger partial charge in [0.25, 0.3) is 5.91 Å². The van der Waals surface area contributed by atoms with Gasteiger partial charge in [0.2, 0.25) is 0 Å². The van der Waals surface area contributed by atoms with Crippen molar-refractivity contribution in [3.05, 3.63) is 65.4 Å². The number of benzene rings is 2. The van der Waals surface area contributed by atoms with Gasteiger partial charge in [0, 0.05) is 23.7 Å². The summed E-state index contributed by atoms with van der Waals surface area (Å²) in [6.07, 6.45) is 3.15. The first-order valence-electron chi connectivity index (χ1n) is 9.83. The number of amides is 1. The van der Waals surface area contributed by atoms with E-state index in [2.05, 4.69) is 18.0 Å². The number of hydrogen-bond donors (Lipinski definition) is 0. The number of hydrogen-bond acceptors (Lipinski definition) is 3. The zero-order valence-corrected chi connectivity index (χ0v) is 16.3. The van der Waals surface area contributed by atoms with Crippen molar-refractivity contribution in [2.45, 2.75) is 39.2 Å². The number of carbonyl (C=O) groups excluding carboxylic acids is 1. The van der Waals surface area contributed by atoms with Crippen LogP contribution in [0.25, 0.3) is 22.0 Å². The number of fused-ring (bicyclic) bond motifs is 1. The lowest BCUT2D eigenvalue weighted by atomic mass is 9.99. The highest BCUT2D eigenvalue weighted by Crippen LogP contribution is 2.29. The van der Waals surface area contributed by atoms with Gasteiger partial charge in [-0.2, -0.15) is 5.26 Å². The third kappa shape index (κ3) is 3.25. The van der Waals surface area contributed by atoms with Crippen molar-refractivity contribution >= 4 is 16.8 Å². The van der Waals surface area contributed by atoms with Gasteiger partial charge in [0.05, 0.1) is 22.7 Å². The Morgan fingerprint density at radius 2 is 1.93 bits per heavy atom. The maximum absolute atomic E-state index is 13.4. The summed E-state index contributed by atoms with van der Waals surface area (Å²) in [5.74, 6) is 0.108. The molecule has 1 amide bonds. The lowest BCUT2D eigenvalue weighted by molar-refractivity contribution is 0.0735. The molecule has 140 valence electrons. The van der Waals surface area contributed by atoms with Gasteiger partial charge < -0.3 is 4.90 Å². The quantitative estimate of drug-likeness (QED) is 0.646. The fraction of sp³-hybridized carbons (Fsp3) is 0.292. The van der Waals surface area contributed by atoms with E-state index in [9.17, 15) is 4.79 Å². The summed E-state index contributed by atoms with van der Waals surface area (Å²) < 4.78 is 0. The van der Waals surface area contributed by atoms with Gasteiger partial charge in [0.1, 0.15) is 0 Å². The van der Waals surface area contributed by atoms with Gasteiger partial charge in [-0.15, -0.1) is 0 Å². The summed E-state index contributed by atoms with van der Waals surface area (Å²) in [6, 6.07) is 18.0. The van der Waals surface area contributed by atoms with E-state index >= 15 is 0 Å². The second-order valence-electron chi connectivity index (χ2n) is 7.44. The molecule has 1 aliphatic rings. The van der Waals surface area contributed by atoms with Crippen molar-refractivity contribution in [3.63, 3.8) is 0 Å². The normalized spacial score (nSPS) is 16.3. The summed E-state index contributed by atoms with van der Waals surface area (Å²) >= 11 is 0. The molecule has 1 unspecified atom stereocenters. The van der Waals surface area contributed by atoms with Crippen LogP contribution in [0.15, 0.2) is 48.5 Å². The summed E-state index contributed by atoms with van der Waals surface area (Å²) in [4.78, 5) is 20.0. The van der Waals surface area contributed by atoms with Gasteiger partial charge in [-0.25, -0.2) is 0 Å². The lowest BCUT2D eigenvalue weighted by Crippen LogP contribution is -2.35. The smallest absolute Gasteiger partial charge is 0.254 e. The highest BCUT2D eigenvalue weighted by Gasteiger charge is 2.29. The molecule has 0 N–H and O–H groups in total. The fourth-order valence-corrected chi connectivity index (χ4v) is 4.13. The second-order valence-corrected chi connectivity index (χ2v) is 7.44. The van der Waals surface area contributed by atoms with Crippen LogP contribution in [0.2, 0.25) is 0 Å². The molecule has 2 heterocycles. The van der Waals surface area contributed by atoms with Crippen LogP contribution in [-0.2, 0) is 0 Å². The Labute approximate surface area is 165 Å². The number of aromatic nitrogens is 1. The van der Waals surface area contributed by atoms with Crippen molar-refractivity contribution < 1.29 is 4.79 Å². The zero-order chi connectivity index (χ0) is 19.7. The molecule has 2 aromatic carbocycles. The summed E-state index contributed by atoms with van der Waals surface area (Å²) in [5, 5.41) is 9.90. The Balaban J connectivity index is 1.81. The Morgan fingerprint density at radius 1 is 1.18 bits per heavy atom. The monoisotopic (exact) mass is 369 g/mol. The van der Waals surface area contributed by atoms with Crippen LogP contribution in [0.4, 0.5) is 0 Å². The molecule has 0 saturated carbocycles. The number of carbonyl (C=O) groups is 1. The van der Waals surface area contributed by atoms with Crippen LogP contribution in [-0.4, -0.2) is 28.4 Å². The molecule has 1 saturated heterocycles. The summed E-state index contributed by atoms with van der Waals surface area (Å²) in [5.41, 5.74) is 5.11. The first kappa shape index (κ1) is 18.2. The second kappa shape index (κ2) is 7.44. The molecule has 4 nitrogen and oxygen atoms in total. The highest BCUT2D eigenvalue weighted by atomic mass is 16.2. The van der Waals surface area contributed by atoms with Crippen LogP contribution in [0.1, 0.15) is 47.8 Å². The molecule has 28 heavy (non-hydrogen) atoms. The Kier molecular flexibility index (Phi) is 4.83. The van der Waals surface area contributed by atoms with Gasteiger partial charge in [-0.1, -0.05) is 25.1 Å². The molecule has 1 aliphatic heterocycles. The van der Waals surface area contributed by atoms with E-state index in [0.29, 0.717) is 11.6 Å². The van der Waals surface area contributed by atoms with Crippen molar-refractivity contribution in [1.82, 2.24) is 9.88 Å². The molecule has 1 atom stereocenters. The van der Waals surface area contributed by atoms with Crippen molar-refractivity contribution in [1.29, 1.82) is 5.26 Å². The maximum Gasteiger partial charge on any atom is 0.254 e. The Morgan fingerprint density at radius 3 is 2.64 bits per heavy atom. The van der Waals surface area contributed by atoms with E-state index in [0.717, 1.165) is 59.1 Å². The molecule has 4 heteroatoms. The van der Waals surface area contributed by atoms with Crippen LogP contribution in [0.3, 0.4) is 0 Å². The molecule has 0 radical (unpaired) electrons. The number of aryl methyl sites for hydroxylation is 1. The Bertz CT molecular complexity index is 1080. The van der Waals surface area contributed by atoms with E-state index in [4.69, 9.17) is 5.26 Å². The average Bonchev–Trinajstić information content (AvgIpc) is 3.21. The molecule has 1 aromatic heterocycles. The SMILES string of the molecule is CCC1CCCN1C(=O)c1cc(C)nc2ccc(-c3ccc(C#N)cc3)cc12. The molecule has 1 fully saturated rings. The lowest BCUT2D eigenvalue weighted by Gasteiger charge is -2.24. The first-order chi connectivity index (χ1) is 13.6. The predicted molar refractivity (Wildman–Crippen MR) is 111 cm³/mol. The van der Waals surface area contributed by atoms with E-state index in [1.165, 1.54) is 0 Å². The van der Waals surface area contributed by atoms with Crippen LogP contribution >= 0.6 is 0 Å². The van der Waals surface area contributed by atoms with Crippen molar-refractivity contribution in [2.24, 2.45) is 0 Å². The van der Waals surface area contributed by atoms with Crippen LogP contribution in [0.5, 0.6) is 0 Å². The third-order valence-electron chi connectivity index (χ3n) is 5.62. The molecule has 3 aromatic rings. The van der Waals surface area contributed by atoms with E-state index in [1.54, 1.807) is 0 Å². The molecule has 0 spiro atoms. The average molecular weight is 369 g/mol. The standard InChI is InChI=1S/C24H23N3O/c1-3-20-5-4-12-27(20)24(28)22-13-16(2)26-23-11-10-19(14-21(22)23)18-8-6-17(15-25)7-9-18/h6-11,13-14,20H,3-5,12H2,1-2H3. The molecular weight excluding hydrogens is 346 g/mol.